The lowest BCUT2D eigenvalue weighted by molar-refractivity contribution is -0.134. The molecule has 5 nitrogen and oxygen atoms in total. The third kappa shape index (κ3) is 4.46. The van der Waals surface area contributed by atoms with Gasteiger partial charge in [0.2, 0.25) is 0 Å². The molecule has 24 heavy (non-hydrogen) atoms. The normalized spacial score (nSPS) is 10.9. The Labute approximate surface area is 147 Å². The summed E-state index contributed by atoms with van der Waals surface area (Å²) in [7, 11) is 0. The molecule has 0 radical (unpaired) electrons. The van der Waals surface area contributed by atoms with E-state index in [0.717, 1.165) is 16.3 Å². The average molecular weight is 352 g/mol. The van der Waals surface area contributed by atoms with Crippen molar-refractivity contribution in [3.05, 3.63) is 35.9 Å². The Hall–Kier alpha value is -2.11. The van der Waals surface area contributed by atoms with Crippen molar-refractivity contribution in [2.45, 2.75) is 33.1 Å². The monoisotopic (exact) mass is 351 g/mol. The van der Waals surface area contributed by atoms with Crippen molar-refractivity contribution in [1.82, 2.24) is 0 Å². The Balaban J connectivity index is 0.00000288. The maximum absolute atomic E-state index is 11.3. The lowest BCUT2D eigenvalue weighted by atomic mass is 9.84. The quantitative estimate of drug-likeness (QED) is 0.675. The summed E-state index contributed by atoms with van der Waals surface area (Å²) in [5.41, 5.74) is 6.75. The molecule has 0 saturated heterocycles. The first-order chi connectivity index (χ1) is 10.7. The van der Waals surface area contributed by atoms with Crippen LogP contribution >= 0.6 is 12.4 Å². The molecule has 0 bridgehead atoms. The Morgan fingerprint density at radius 3 is 1.92 bits per heavy atom. The van der Waals surface area contributed by atoms with E-state index in [1.54, 1.807) is 12.1 Å². The maximum Gasteiger partial charge on any atom is 0.308 e. The van der Waals surface area contributed by atoms with Crippen LogP contribution in [0.5, 0.6) is 11.5 Å². The molecule has 0 unspecified atom stereocenters. The van der Waals surface area contributed by atoms with Crippen molar-refractivity contribution in [2.24, 2.45) is 5.73 Å². The Morgan fingerprint density at radius 1 is 0.958 bits per heavy atom. The highest BCUT2D eigenvalue weighted by molar-refractivity contribution is 5.89. The summed E-state index contributed by atoms with van der Waals surface area (Å²) in [4.78, 5) is 22.5. The molecule has 2 aromatic rings. The molecular weight excluding hydrogens is 330 g/mol. The number of hydrogen-bond acceptors (Lipinski definition) is 5. The standard InChI is InChI=1S/C18H21NO4.ClH/c1-11(20)22-16-8-13-5-6-15(18(3,4)10-19)7-14(13)9-17(16)23-12(2)21;/h5-9H,10,19H2,1-4H3;1H. The van der Waals surface area contributed by atoms with Gasteiger partial charge in [0.1, 0.15) is 0 Å². The van der Waals surface area contributed by atoms with Crippen molar-refractivity contribution < 1.29 is 19.1 Å². The fourth-order valence-electron chi connectivity index (χ4n) is 2.26. The van der Waals surface area contributed by atoms with Crippen LogP contribution in [0.1, 0.15) is 33.3 Å². The van der Waals surface area contributed by atoms with Gasteiger partial charge in [0.05, 0.1) is 0 Å². The van der Waals surface area contributed by atoms with Crippen molar-refractivity contribution in [2.75, 3.05) is 6.54 Å². The summed E-state index contributed by atoms with van der Waals surface area (Å²) >= 11 is 0. The summed E-state index contributed by atoms with van der Waals surface area (Å²) in [6.45, 7) is 7.24. The van der Waals surface area contributed by atoms with Crippen LogP contribution in [-0.4, -0.2) is 18.5 Å². The zero-order valence-corrected chi connectivity index (χ0v) is 15.0. The summed E-state index contributed by atoms with van der Waals surface area (Å²) in [5, 5.41) is 1.77. The van der Waals surface area contributed by atoms with Crippen molar-refractivity contribution in [3.8, 4) is 11.5 Å². The number of benzene rings is 2. The molecule has 0 aliphatic carbocycles. The molecule has 0 amide bonds. The molecular formula is C18H22ClNO4. The van der Waals surface area contributed by atoms with Gasteiger partial charge in [-0.25, -0.2) is 0 Å². The maximum atomic E-state index is 11.3. The van der Waals surface area contributed by atoms with E-state index in [2.05, 4.69) is 13.8 Å². The zero-order chi connectivity index (χ0) is 17.2. The SMILES string of the molecule is CC(=O)Oc1cc2ccc(C(C)(C)CN)cc2cc1OC(C)=O.Cl. The first-order valence-electron chi connectivity index (χ1n) is 7.38. The lowest BCUT2D eigenvalue weighted by Gasteiger charge is -2.23. The predicted octanol–water partition coefficient (Wildman–Crippen LogP) is 3.35. The van der Waals surface area contributed by atoms with E-state index in [4.69, 9.17) is 15.2 Å². The van der Waals surface area contributed by atoms with Crippen molar-refractivity contribution in [3.63, 3.8) is 0 Å². The smallest absolute Gasteiger partial charge is 0.308 e. The number of ether oxygens (including phenoxy) is 2. The minimum atomic E-state index is -0.476. The molecule has 0 saturated carbocycles. The number of rotatable bonds is 4. The van der Waals surface area contributed by atoms with E-state index in [9.17, 15) is 9.59 Å². The van der Waals surface area contributed by atoms with E-state index in [0.29, 0.717) is 6.54 Å². The highest BCUT2D eigenvalue weighted by atomic mass is 35.5. The highest BCUT2D eigenvalue weighted by Crippen LogP contribution is 2.35. The Bertz CT molecular complexity index is 771. The van der Waals surface area contributed by atoms with Crippen LogP contribution in [0.15, 0.2) is 30.3 Å². The summed E-state index contributed by atoms with van der Waals surface area (Å²) in [6.07, 6.45) is 0. The summed E-state index contributed by atoms with van der Waals surface area (Å²) in [6, 6.07) is 9.33. The van der Waals surface area contributed by atoms with Gasteiger partial charge < -0.3 is 15.2 Å². The van der Waals surface area contributed by atoms with Crippen LogP contribution in [0.4, 0.5) is 0 Å². The second kappa shape index (κ2) is 7.64. The van der Waals surface area contributed by atoms with Gasteiger partial charge in [0, 0.05) is 25.8 Å². The van der Waals surface area contributed by atoms with Crippen LogP contribution in [0, 0.1) is 0 Å². The second-order valence-electron chi connectivity index (χ2n) is 6.14. The molecule has 0 aliphatic heterocycles. The van der Waals surface area contributed by atoms with Gasteiger partial charge in [-0.2, -0.15) is 0 Å². The number of hydrogen-bond donors (Lipinski definition) is 1. The zero-order valence-electron chi connectivity index (χ0n) is 14.2. The minimum absolute atomic E-state index is 0. The van der Waals surface area contributed by atoms with Gasteiger partial charge >= 0.3 is 11.9 Å². The fraction of sp³-hybridized carbons (Fsp3) is 0.333. The Morgan fingerprint density at radius 2 is 1.46 bits per heavy atom. The van der Waals surface area contributed by atoms with Crippen molar-refractivity contribution in [1.29, 1.82) is 0 Å². The minimum Gasteiger partial charge on any atom is -0.423 e. The van der Waals surface area contributed by atoms with E-state index >= 15 is 0 Å². The summed E-state index contributed by atoms with van der Waals surface area (Å²) in [5.74, 6) is -0.497. The topological polar surface area (TPSA) is 78.6 Å². The van der Waals surface area contributed by atoms with Gasteiger partial charge in [-0.3, -0.25) is 9.59 Å². The van der Waals surface area contributed by atoms with Gasteiger partial charge in [-0.15, -0.1) is 12.4 Å². The van der Waals surface area contributed by atoms with Crippen LogP contribution in [0.2, 0.25) is 0 Å². The third-order valence-electron chi connectivity index (χ3n) is 3.70. The first-order valence-corrected chi connectivity index (χ1v) is 7.38. The van der Waals surface area contributed by atoms with E-state index in [1.165, 1.54) is 13.8 Å². The predicted molar refractivity (Wildman–Crippen MR) is 95.9 cm³/mol. The molecule has 0 aliphatic rings. The Kier molecular flexibility index (Phi) is 6.35. The van der Waals surface area contributed by atoms with Crippen molar-refractivity contribution >= 4 is 35.1 Å². The first kappa shape index (κ1) is 19.9. The van der Waals surface area contributed by atoms with Gasteiger partial charge in [0.25, 0.3) is 0 Å². The number of fused-ring (bicyclic) bond motifs is 1. The van der Waals surface area contributed by atoms with Crippen LogP contribution in [-0.2, 0) is 15.0 Å². The molecule has 0 atom stereocenters. The number of carbonyl (C=O) groups is 2. The van der Waals surface area contributed by atoms with E-state index < -0.39 is 11.9 Å². The molecule has 130 valence electrons. The number of halogens is 1. The molecule has 0 heterocycles. The van der Waals surface area contributed by atoms with Crippen LogP contribution in [0.25, 0.3) is 10.8 Å². The van der Waals surface area contributed by atoms with Gasteiger partial charge in [-0.1, -0.05) is 32.0 Å². The van der Waals surface area contributed by atoms with Crippen LogP contribution in [0.3, 0.4) is 0 Å². The molecule has 0 spiro atoms. The average Bonchev–Trinajstić information content (AvgIpc) is 2.46. The molecule has 0 aromatic heterocycles. The number of esters is 2. The van der Waals surface area contributed by atoms with E-state index in [-0.39, 0.29) is 29.3 Å². The molecule has 2 N–H and O–H groups in total. The molecule has 2 aromatic carbocycles. The number of carbonyl (C=O) groups excluding carboxylic acids is 2. The lowest BCUT2D eigenvalue weighted by Crippen LogP contribution is -2.27. The van der Waals surface area contributed by atoms with E-state index in [1.807, 2.05) is 18.2 Å². The molecule has 0 fully saturated rings. The van der Waals surface area contributed by atoms with Gasteiger partial charge in [-0.05, 0) is 28.5 Å². The largest absolute Gasteiger partial charge is 0.423 e. The highest BCUT2D eigenvalue weighted by Gasteiger charge is 2.19. The summed E-state index contributed by atoms with van der Waals surface area (Å²) < 4.78 is 10.3. The molecule has 6 heteroatoms. The van der Waals surface area contributed by atoms with Crippen LogP contribution < -0.4 is 15.2 Å². The third-order valence-corrected chi connectivity index (χ3v) is 3.70. The molecule has 2 rings (SSSR count). The van der Waals surface area contributed by atoms with Gasteiger partial charge in [0.15, 0.2) is 11.5 Å². The second-order valence-corrected chi connectivity index (χ2v) is 6.14. The fourth-order valence-corrected chi connectivity index (χ4v) is 2.26. The number of nitrogens with two attached hydrogens (primary N) is 1.